The number of carbonyl (C=O) groups excluding carboxylic acids is 2. The summed E-state index contributed by atoms with van der Waals surface area (Å²) >= 11 is 0. The zero-order valence-electron chi connectivity index (χ0n) is 17.9. The summed E-state index contributed by atoms with van der Waals surface area (Å²) < 4.78 is 30.5. The van der Waals surface area contributed by atoms with Gasteiger partial charge in [-0.25, -0.2) is 4.39 Å². The summed E-state index contributed by atoms with van der Waals surface area (Å²) in [7, 11) is 3.50. The minimum Gasteiger partial charge on any atom is -0.507 e. The van der Waals surface area contributed by atoms with Gasteiger partial charge in [-0.2, -0.15) is 0 Å². The third-order valence-electron chi connectivity index (χ3n) is 5.57. The lowest BCUT2D eigenvalue weighted by molar-refractivity contribution is 0.0276. The Kier molecular flexibility index (Phi) is 5.06. The molecule has 5 rings (SSSR count). The molecule has 0 aliphatic carbocycles. The number of halogens is 1. The lowest BCUT2D eigenvalue weighted by Crippen LogP contribution is -2.57. The Labute approximate surface area is 194 Å². The number of hydrogen-bond donors (Lipinski definition) is 2. The number of pyridine rings is 1. The lowest BCUT2D eigenvalue weighted by atomic mass is 10.1. The Hall–Kier alpha value is -3.91. The average molecular weight is 483 g/mol. The smallest absolute Gasteiger partial charge is 0.258 e. The number of nitrogens with two attached hydrogens (primary N) is 1. The van der Waals surface area contributed by atoms with Gasteiger partial charge >= 0.3 is 0 Å². The highest BCUT2D eigenvalue weighted by molar-refractivity contribution is 7.18. The van der Waals surface area contributed by atoms with E-state index in [0.29, 0.717) is 16.7 Å². The quantitative estimate of drug-likeness (QED) is 0.415. The van der Waals surface area contributed by atoms with Crippen molar-refractivity contribution >= 4 is 42.9 Å². The fourth-order valence-electron chi connectivity index (χ4n) is 3.97. The molecule has 0 bridgehead atoms. The second-order valence-electron chi connectivity index (χ2n) is 8.01. The second-order valence-corrected chi connectivity index (χ2v) is 9.04. The first-order chi connectivity index (χ1) is 16.2. The van der Waals surface area contributed by atoms with Crippen molar-refractivity contribution in [3.05, 3.63) is 53.9 Å². The van der Waals surface area contributed by atoms with E-state index in [4.69, 9.17) is 19.6 Å². The van der Waals surface area contributed by atoms with E-state index in [1.54, 1.807) is 12.1 Å². The third kappa shape index (κ3) is 3.66. The maximum absolute atomic E-state index is 13.8. The van der Waals surface area contributed by atoms with E-state index >= 15 is 0 Å². The van der Waals surface area contributed by atoms with Gasteiger partial charge in [-0.1, -0.05) is 9.24 Å². The van der Waals surface area contributed by atoms with Crippen LogP contribution in [0.2, 0.25) is 0 Å². The van der Waals surface area contributed by atoms with Crippen molar-refractivity contribution < 1.29 is 33.0 Å². The number of ether oxygens (including phenoxy) is 2. The molecule has 1 fully saturated rings. The molecule has 0 saturated carbocycles. The summed E-state index contributed by atoms with van der Waals surface area (Å²) in [5.41, 5.74) is 6.48. The number of phenolic OH excluding ortho intramolecular Hbond substituents is 1. The standard InChI is InChI=1S/C23H19FN3O6P/c1-31-18-7-15-12(6-13(18)21(25)29)17(2-3-26-15)33-11-4-16(28)20-14(8-32-19(20)5-11)22(30)27-9-23(24,34)10-27/h2-8,28H,9-10,34H2,1H3,(H2,25,29). The predicted molar refractivity (Wildman–Crippen MR) is 124 cm³/mol. The van der Waals surface area contributed by atoms with Gasteiger partial charge in [0.25, 0.3) is 11.8 Å². The highest BCUT2D eigenvalue weighted by atomic mass is 31.0. The summed E-state index contributed by atoms with van der Waals surface area (Å²) in [5, 5.41) is 9.85. The number of primary amides is 1. The molecular weight excluding hydrogens is 464 g/mol. The lowest BCUT2D eigenvalue weighted by Gasteiger charge is -2.41. The van der Waals surface area contributed by atoms with Gasteiger partial charge in [0.15, 0.2) is 5.41 Å². The molecule has 1 unspecified atom stereocenters. The molecule has 2 aromatic heterocycles. The molecule has 0 radical (unpaired) electrons. The molecule has 1 aliphatic heterocycles. The number of nitrogens with zero attached hydrogens (tertiary/aromatic N) is 2. The number of rotatable bonds is 5. The Morgan fingerprint density at radius 3 is 2.68 bits per heavy atom. The Morgan fingerprint density at radius 1 is 1.24 bits per heavy atom. The van der Waals surface area contributed by atoms with Gasteiger partial charge in [0.1, 0.15) is 34.8 Å². The van der Waals surface area contributed by atoms with Gasteiger partial charge in [-0.15, -0.1) is 0 Å². The van der Waals surface area contributed by atoms with Crippen LogP contribution in [0.5, 0.6) is 23.0 Å². The number of furan rings is 1. The number of amides is 2. The van der Waals surface area contributed by atoms with Crippen molar-refractivity contribution in [3.63, 3.8) is 0 Å². The van der Waals surface area contributed by atoms with Gasteiger partial charge in [0, 0.05) is 29.8 Å². The van der Waals surface area contributed by atoms with Gasteiger partial charge < -0.3 is 29.6 Å². The van der Waals surface area contributed by atoms with Crippen molar-refractivity contribution in [2.45, 2.75) is 5.41 Å². The van der Waals surface area contributed by atoms with Gasteiger partial charge in [0.2, 0.25) is 0 Å². The van der Waals surface area contributed by atoms with E-state index in [1.807, 2.05) is 0 Å². The van der Waals surface area contributed by atoms with Crippen LogP contribution in [0.25, 0.3) is 21.9 Å². The number of fused-ring (bicyclic) bond motifs is 2. The van der Waals surface area contributed by atoms with E-state index in [9.17, 15) is 19.1 Å². The van der Waals surface area contributed by atoms with E-state index < -0.39 is 17.2 Å². The topological polar surface area (TPSA) is 128 Å². The Balaban J connectivity index is 1.51. The van der Waals surface area contributed by atoms with Crippen molar-refractivity contribution in [3.8, 4) is 23.0 Å². The number of aromatic hydroxyl groups is 1. The Bertz CT molecular complexity index is 1480. The predicted octanol–water partition coefficient (Wildman–Crippen LogP) is 3.58. The van der Waals surface area contributed by atoms with Crippen molar-refractivity contribution in [2.24, 2.45) is 5.73 Å². The minimum atomic E-state index is -1.50. The molecule has 174 valence electrons. The number of carbonyl (C=O) groups is 2. The molecule has 0 spiro atoms. The van der Waals surface area contributed by atoms with E-state index in [1.165, 1.54) is 42.7 Å². The van der Waals surface area contributed by atoms with Crippen LogP contribution in [0.15, 0.2) is 47.2 Å². The molecule has 34 heavy (non-hydrogen) atoms. The van der Waals surface area contributed by atoms with Crippen LogP contribution in [0, 0.1) is 0 Å². The largest absolute Gasteiger partial charge is 0.507 e. The molecule has 2 amide bonds. The zero-order valence-corrected chi connectivity index (χ0v) is 19.0. The van der Waals surface area contributed by atoms with Crippen molar-refractivity contribution in [2.75, 3.05) is 20.2 Å². The molecule has 1 atom stereocenters. The SMILES string of the molecule is COc1cc2nccc(Oc3cc(O)c4c(C(=O)N5CC(F)(P)C5)coc4c3)c2cc1C(N)=O. The first-order valence-corrected chi connectivity index (χ1v) is 10.7. The van der Waals surface area contributed by atoms with Crippen molar-refractivity contribution in [1.82, 2.24) is 9.88 Å². The van der Waals surface area contributed by atoms with E-state index in [-0.39, 0.29) is 52.4 Å². The van der Waals surface area contributed by atoms with Crippen LogP contribution in [-0.2, 0) is 0 Å². The minimum absolute atomic E-state index is 0.0572. The average Bonchev–Trinajstić information content (AvgIpc) is 3.20. The van der Waals surface area contributed by atoms with Gasteiger partial charge in [-0.3, -0.25) is 14.6 Å². The molecule has 4 aromatic rings. The summed E-state index contributed by atoms with van der Waals surface area (Å²) in [5.74, 6) is -0.498. The summed E-state index contributed by atoms with van der Waals surface area (Å²) in [6.07, 6.45) is 2.75. The number of aromatic nitrogens is 1. The molecule has 2 aromatic carbocycles. The zero-order chi connectivity index (χ0) is 24.2. The van der Waals surface area contributed by atoms with Crippen LogP contribution in [0.3, 0.4) is 0 Å². The normalized spacial score (nSPS) is 14.7. The number of phenols is 1. The summed E-state index contributed by atoms with van der Waals surface area (Å²) in [4.78, 5) is 30.1. The molecule has 3 N–H and O–H groups in total. The van der Waals surface area contributed by atoms with Crippen LogP contribution >= 0.6 is 9.24 Å². The monoisotopic (exact) mass is 483 g/mol. The van der Waals surface area contributed by atoms with Gasteiger partial charge in [0.05, 0.1) is 42.2 Å². The van der Waals surface area contributed by atoms with Crippen LogP contribution in [0.4, 0.5) is 4.39 Å². The number of benzene rings is 2. The molecule has 1 saturated heterocycles. The maximum Gasteiger partial charge on any atom is 0.258 e. The van der Waals surface area contributed by atoms with Gasteiger partial charge in [-0.05, 0) is 12.1 Å². The first kappa shape index (κ1) is 21.9. The first-order valence-electron chi connectivity index (χ1n) is 10.1. The van der Waals surface area contributed by atoms with Crippen LogP contribution in [0.1, 0.15) is 20.7 Å². The molecule has 9 nitrogen and oxygen atoms in total. The fraction of sp³-hybridized carbons (Fsp3) is 0.174. The Morgan fingerprint density at radius 2 is 2.00 bits per heavy atom. The van der Waals surface area contributed by atoms with E-state index in [2.05, 4.69) is 14.2 Å². The van der Waals surface area contributed by atoms with Crippen molar-refractivity contribution in [1.29, 1.82) is 0 Å². The highest BCUT2D eigenvalue weighted by Crippen LogP contribution is 2.40. The number of methoxy groups -OCH3 is 1. The number of likely N-dealkylation sites (tertiary alicyclic amines) is 1. The molecular formula is C23H19FN3O6P. The molecule has 1 aliphatic rings. The number of alkyl halides is 1. The second kappa shape index (κ2) is 7.85. The van der Waals surface area contributed by atoms with Crippen LogP contribution < -0.4 is 15.2 Å². The number of hydrogen-bond acceptors (Lipinski definition) is 7. The highest BCUT2D eigenvalue weighted by Gasteiger charge is 2.42. The fourth-order valence-corrected chi connectivity index (χ4v) is 4.41. The van der Waals surface area contributed by atoms with E-state index in [0.717, 1.165) is 0 Å². The van der Waals surface area contributed by atoms with Crippen LogP contribution in [-0.4, -0.2) is 52.4 Å². The third-order valence-corrected chi connectivity index (χ3v) is 5.93. The molecule has 3 heterocycles. The summed E-state index contributed by atoms with van der Waals surface area (Å²) in [6, 6.07) is 7.54. The molecule has 11 heteroatoms. The summed E-state index contributed by atoms with van der Waals surface area (Å²) in [6.45, 7) is -0.114. The maximum atomic E-state index is 13.8.